The van der Waals surface area contributed by atoms with Crippen LogP contribution in [0.4, 0.5) is 0 Å². The fourth-order valence-electron chi connectivity index (χ4n) is 3.95. The van der Waals surface area contributed by atoms with Crippen molar-refractivity contribution >= 4 is 15.9 Å². The van der Waals surface area contributed by atoms with Crippen LogP contribution in [0.5, 0.6) is 0 Å². The minimum absolute atomic E-state index is 0.131. The minimum Gasteiger partial charge on any atom is -0.337 e. The first-order valence-corrected chi connectivity index (χ1v) is 12.0. The van der Waals surface area contributed by atoms with Crippen molar-refractivity contribution in [1.29, 1.82) is 0 Å². The van der Waals surface area contributed by atoms with E-state index in [0.717, 1.165) is 11.1 Å². The van der Waals surface area contributed by atoms with E-state index in [9.17, 15) is 13.2 Å². The lowest BCUT2D eigenvalue weighted by Gasteiger charge is -2.33. The van der Waals surface area contributed by atoms with Crippen LogP contribution >= 0.6 is 0 Å². The van der Waals surface area contributed by atoms with Crippen LogP contribution < -0.4 is 0 Å². The van der Waals surface area contributed by atoms with Gasteiger partial charge < -0.3 is 9.42 Å². The Kier molecular flexibility index (Phi) is 6.38. The number of sulfonamides is 1. The van der Waals surface area contributed by atoms with Gasteiger partial charge >= 0.3 is 0 Å². The summed E-state index contributed by atoms with van der Waals surface area (Å²) in [4.78, 5) is 19.3. The van der Waals surface area contributed by atoms with Crippen molar-refractivity contribution < 1.29 is 17.7 Å². The first kappa shape index (κ1) is 22.2. The van der Waals surface area contributed by atoms with Crippen LogP contribution in [0.3, 0.4) is 0 Å². The lowest BCUT2D eigenvalue weighted by molar-refractivity contribution is -0.136. The molecular weight excluding hydrogens is 428 g/mol. The van der Waals surface area contributed by atoms with Crippen molar-refractivity contribution in [2.75, 3.05) is 20.1 Å². The van der Waals surface area contributed by atoms with Gasteiger partial charge in [0.25, 0.3) is 0 Å². The molecule has 32 heavy (non-hydrogen) atoms. The van der Waals surface area contributed by atoms with Crippen molar-refractivity contribution in [2.24, 2.45) is 5.92 Å². The maximum atomic E-state index is 13.1. The number of aromatic nitrogens is 2. The molecule has 1 amide bonds. The normalized spacial score (nSPS) is 17.2. The highest BCUT2D eigenvalue weighted by molar-refractivity contribution is 7.89. The second-order valence-corrected chi connectivity index (χ2v) is 9.97. The average Bonchev–Trinajstić information content (AvgIpc) is 3.27. The monoisotopic (exact) mass is 454 g/mol. The first-order chi connectivity index (χ1) is 15.4. The molecule has 3 aromatic rings. The van der Waals surface area contributed by atoms with Gasteiger partial charge in [0.15, 0.2) is 0 Å². The molecule has 1 aromatic heterocycles. The van der Waals surface area contributed by atoms with Crippen molar-refractivity contribution in [3.63, 3.8) is 0 Å². The van der Waals surface area contributed by atoms with Gasteiger partial charge in [-0.15, -0.1) is 0 Å². The number of amides is 1. The summed E-state index contributed by atoms with van der Waals surface area (Å²) in [6, 6.07) is 16.1. The summed E-state index contributed by atoms with van der Waals surface area (Å²) in [6.45, 7) is 2.71. The zero-order chi connectivity index (χ0) is 22.7. The Morgan fingerprint density at radius 3 is 2.62 bits per heavy atom. The van der Waals surface area contributed by atoms with E-state index in [1.165, 1.54) is 9.21 Å². The Labute approximate surface area is 187 Å². The van der Waals surface area contributed by atoms with Crippen LogP contribution in [0, 0.1) is 12.8 Å². The van der Waals surface area contributed by atoms with Gasteiger partial charge in [-0.3, -0.25) is 4.79 Å². The predicted molar refractivity (Wildman–Crippen MR) is 119 cm³/mol. The van der Waals surface area contributed by atoms with Crippen LogP contribution in [-0.2, 0) is 21.4 Å². The molecule has 1 fully saturated rings. The first-order valence-electron chi connectivity index (χ1n) is 10.5. The summed E-state index contributed by atoms with van der Waals surface area (Å²) in [5, 5.41) is 4.04. The third-order valence-corrected chi connectivity index (χ3v) is 7.60. The summed E-state index contributed by atoms with van der Waals surface area (Å²) in [5.74, 6) is 0.278. The third kappa shape index (κ3) is 4.58. The highest BCUT2D eigenvalue weighted by Gasteiger charge is 2.34. The van der Waals surface area contributed by atoms with Crippen molar-refractivity contribution in [1.82, 2.24) is 19.3 Å². The lowest BCUT2D eigenvalue weighted by Crippen LogP contribution is -2.45. The van der Waals surface area contributed by atoms with Gasteiger partial charge in [-0.1, -0.05) is 47.6 Å². The second kappa shape index (κ2) is 9.22. The van der Waals surface area contributed by atoms with E-state index >= 15 is 0 Å². The molecule has 9 heteroatoms. The van der Waals surface area contributed by atoms with E-state index in [4.69, 9.17) is 4.52 Å². The molecule has 2 heterocycles. The van der Waals surface area contributed by atoms with E-state index in [1.54, 1.807) is 37.4 Å². The molecule has 8 nitrogen and oxygen atoms in total. The van der Waals surface area contributed by atoms with Crippen LogP contribution in [0.25, 0.3) is 11.4 Å². The van der Waals surface area contributed by atoms with Gasteiger partial charge in [0.05, 0.1) is 17.4 Å². The summed E-state index contributed by atoms with van der Waals surface area (Å²) in [7, 11) is -1.95. The number of hydrogen-bond acceptors (Lipinski definition) is 6. The summed E-state index contributed by atoms with van der Waals surface area (Å²) >= 11 is 0. The second-order valence-electron chi connectivity index (χ2n) is 8.04. The van der Waals surface area contributed by atoms with E-state index in [0.29, 0.717) is 31.1 Å². The molecule has 1 aliphatic rings. The SMILES string of the molecule is Cc1ccccc1-c1noc(CN(C)C(=O)C2CCCN(S(=O)(=O)c3ccccc3)C2)n1. The van der Waals surface area contributed by atoms with E-state index in [-0.39, 0.29) is 23.9 Å². The minimum atomic E-state index is -3.62. The smallest absolute Gasteiger partial charge is 0.246 e. The Balaban J connectivity index is 1.42. The van der Waals surface area contributed by atoms with Gasteiger partial charge in [0.1, 0.15) is 0 Å². The number of carbonyl (C=O) groups is 1. The van der Waals surface area contributed by atoms with Crippen LogP contribution in [0.2, 0.25) is 0 Å². The number of nitrogens with zero attached hydrogens (tertiary/aromatic N) is 4. The molecule has 0 aliphatic carbocycles. The topological polar surface area (TPSA) is 96.6 Å². The molecule has 168 valence electrons. The molecular formula is C23H26N4O4S. The number of piperidine rings is 1. The van der Waals surface area contributed by atoms with Gasteiger partial charge in [0.2, 0.25) is 27.6 Å². The maximum Gasteiger partial charge on any atom is 0.246 e. The van der Waals surface area contributed by atoms with Crippen molar-refractivity contribution in [3.8, 4) is 11.4 Å². The van der Waals surface area contributed by atoms with Gasteiger partial charge in [0, 0.05) is 25.7 Å². The number of carbonyl (C=O) groups excluding carboxylic acids is 1. The molecule has 1 atom stereocenters. The number of hydrogen-bond donors (Lipinski definition) is 0. The standard InChI is InChI=1S/C23H26N4O4S/c1-17-9-6-7-13-20(17)22-24-21(31-25-22)16-26(2)23(28)18-10-8-14-27(15-18)32(29,30)19-11-4-3-5-12-19/h3-7,9,11-13,18H,8,10,14-16H2,1-2H3. The molecule has 1 aliphatic heterocycles. The largest absolute Gasteiger partial charge is 0.337 e. The quantitative estimate of drug-likeness (QED) is 0.568. The number of rotatable bonds is 6. The Hall–Kier alpha value is -3.04. The molecule has 0 spiro atoms. The fourth-order valence-corrected chi connectivity index (χ4v) is 5.49. The summed E-state index contributed by atoms with van der Waals surface area (Å²) < 4.78 is 32.7. The molecule has 1 saturated heterocycles. The van der Waals surface area contributed by atoms with Crippen molar-refractivity contribution in [3.05, 3.63) is 66.1 Å². The van der Waals surface area contributed by atoms with E-state index in [2.05, 4.69) is 10.1 Å². The molecule has 1 unspecified atom stereocenters. The fraction of sp³-hybridized carbons (Fsp3) is 0.348. The number of benzene rings is 2. The third-order valence-electron chi connectivity index (χ3n) is 5.72. The average molecular weight is 455 g/mol. The highest BCUT2D eigenvalue weighted by Crippen LogP contribution is 2.25. The number of aryl methyl sites for hydroxylation is 1. The van der Waals surface area contributed by atoms with E-state index in [1.807, 2.05) is 31.2 Å². The predicted octanol–water partition coefficient (Wildman–Crippen LogP) is 3.10. The zero-order valence-corrected chi connectivity index (χ0v) is 19.0. The molecule has 0 bridgehead atoms. The Morgan fingerprint density at radius 1 is 1.16 bits per heavy atom. The molecule has 2 aromatic carbocycles. The van der Waals surface area contributed by atoms with Crippen LogP contribution in [0.15, 0.2) is 64.0 Å². The Bertz CT molecular complexity index is 1190. The van der Waals surface area contributed by atoms with Crippen LogP contribution in [0.1, 0.15) is 24.3 Å². The molecule has 0 N–H and O–H groups in total. The van der Waals surface area contributed by atoms with E-state index < -0.39 is 15.9 Å². The lowest BCUT2D eigenvalue weighted by atomic mass is 9.98. The van der Waals surface area contributed by atoms with Gasteiger partial charge in [-0.05, 0) is 37.5 Å². The van der Waals surface area contributed by atoms with Gasteiger partial charge in [-0.25, -0.2) is 8.42 Å². The van der Waals surface area contributed by atoms with Gasteiger partial charge in [-0.2, -0.15) is 9.29 Å². The Morgan fingerprint density at radius 2 is 1.88 bits per heavy atom. The van der Waals surface area contributed by atoms with Crippen LogP contribution in [-0.4, -0.2) is 53.8 Å². The van der Waals surface area contributed by atoms with Crippen molar-refractivity contribution in [2.45, 2.75) is 31.2 Å². The zero-order valence-electron chi connectivity index (χ0n) is 18.1. The summed E-state index contributed by atoms with van der Waals surface area (Å²) in [5.41, 5.74) is 1.91. The maximum absolute atomic E-state index is 13.1. The molecule has 4 rings (SSSR count). The molecule has 0 radical (unpaired) electrons. The summed E-state index contributed by atoms with van der Waals surface area (Å²) in [6.07, 6.45) is 1.27. The molecule has 0 saturated carbocycles. The highest BCUT2D eigenvalue weighted by atomic mass is 32.2.